The minimum atomic E-state index is -1.17. The van der Waals surface area contributed by atoms with Crippen molar-refractivity contribution in [1.82, 2.24) is 39.0 Å². The zero-order chi connectivity index (χ0) is 29.5. The summed E-state index contributed by atoms with van der Waals surface area (Å²) < 4.78 is 6.45. The number of urea groups is 2. The van der Waals surface area contributed by atoms with Gasteiger partial charge < -0.3 is 46.0 Å². The molecule has 0 aliphatic heterocycles. The Labute approximate surface area is 218 Å². The van der Waals surface area contributed by atoms with E-state index in [1.807, 2.05) is 0 Å². The Morgan fingerprint density at radius 1 is 0.590 bits per heavy atom. The third-order valence-electron chi connectivity index (χ3n) is 5.01. The van der Waals surface area contributed by atoms with Crippen LogP contribution in [-0.4, -0.2) is 137 Å². The summed E-state index contributed by atoms with van der Waals surface area (Å²) in [5.74, 6) is 0. The van der Waals surface area contributed by atoms with E-state index in [1.54, 1.807) is 0 Å². The average molecular weight is 568 g/mol. The summed E-state index contributed by atoms with van der Waals surface area (Å²) in [6.07, 6.45) is -1.17. The Balaban J connectivity index is 3.22. The van der Waals surface area contributed by atoms with Crippen molar-refractivity contribution in [1.29, 1.82) is 0 Å². The first-order valence-electron chi connectivity index (χ1n) is 11.2. The van der Waals surface area contributed by atoms with Crippen molar-refractivity contribution in [2.45, 2.75) is 19.6 Å². The second kappa shape index (κ2) is 16.7. The van der Waals surface area contributed by atoms with Crippen molar-refractivity contribution >= 4 is 18.2 Å². The van der Waals surface area contributed by atoms with E-state index < -0.39 is 102 Å². The van der Waals surface area contributed by atoms with Crippen LogP contribution in [0.3, 0.4) is 0 Å². The zero-order valence-corrected chi connectivity index (χ0v) is 20.7. The van der Waals surface area contributed by atoms with Crippen LogP contribution in [0.5, 0.6) is 0 Å². The largest absolute Gasteiger partial charge is 0.447 e. The molecule has 5 amide bonds. The van der Waals surface area contributed by atoms with Gasteiger partial charge in [0, 0.05) is 26.2 Å². The molecular formula is C18H32N8O13. The monoisotopic (exact) mass is 568 g/mol. The fraction of sp³-hybridized carbons (Fsp3) is 0.667. The molecule has 1 rings (SSSR count). The van der Waals surface area contributed by atoms with Gasteiger partial charge in [0.25, 0.3) is 0 Å². The molecule has 39 heavy (non-hydrogen) atoms. The van der Waals surface area contributed by atoms with Crippen LogP contribution >= 0.6 is 0 Å². The Kier molecular flexibility index (Phi) is 14.2. The molecule has 0 radical (unpaired) electrons. The number of rotatable bonds is 15. The molecule has 0 aromatic carbocycles. The number of nitrogens with one attached hydrogen (secondary N) is 2. The van der Waals surface area contributed by atoms with Crippen molar-refractivity contribution in [3.63, 3.8) is 0 Å². The van der Waals surface area contributed by atoms with Crippen LogP contribution in [0, 0.1) is 0 Å². The molecule has 0 unspecified atom stereocenters. The van der Waals surface area contributed by atoms with Gasteiger partial charge in [0.15, 0.2) is 0 Å². The molecule has 0 saturated heterocycles. The highest BCUT2D eigenvalue weighted by Crippen LogP contribution is 1.92. The molecule has 21 heteroatoms. The van der Waals surface area contributed by atoms with Gasteiger partial charge in [0.05, 0.1) is 6.54 Å². The first kappa shape index (κ1) is 33.0. The van der Waals surface area contributed by atoms with E-state index in [1.165, 1.54) is 0 Å². The Morgan fingerprint density at radius 2 is 0.923 bits per heavy atom. The highest BCUT2D eigenvalue weighted by Gasteiger charge is 2.19. The lowest BCUT2D eigenvalue weighted by atomic mass is 10.5. The number of amides is 5. The fourth-order valence-corrected chi connectivity index (χ4v) is 2.85. The molecule has 8 N–H and O–H groups in total. The van der Waals surface area contributed by atoms with E-state index in [9.17, 15) is 28.8 Å². The van der Waals surface area contributed by atoms with Crippen molar-refractivity contribution < 1.29 is 49.8 Å². The topological polar surface area (TPSA) is 282 Å². The molecule has 0 saturated carbocycles. The third-order valence-corrected chi connectivity index (χ3v) is 5.01. The Morgan fingerprint density at radius 3 is 1.26 bits per heavy atom. The highest BCUT2D eigenvalue weighted by atomic mass is 16.6. The third kappa shape index (κ3) is 9.05. The lowest BCUT2D eigenvalue weighted by Crippen LogP contribution is -2.56. The predicted octanol–water partition coefficient (Wildman–Crippen LogP) is -6.67. The Hall–Kier alpha value is -4.02. The number of carbonyl (C=O) groups excluding carboxylic acids is 3. The first-order valence-corrected chi connectivity index (χ1v) is 11.2. The average Bonchev–Trinajstić information content (AvgIpc) is 2.92. The summed E-state index contributed by atoms with van der Waals surface area (Å²) >= 11 is 0. The molecule has 1 aromatic rings. The molecule has 0 spiro atoms. The number of aromatic nitrogens is 3. The Bertz CT molecular complexity index is 953. The van der Waals surface area contributed by atoms with E-state index in [4.69, 9.17) is 35.4 Å². The van der Waals surface area contributed by atoms with Crippen LogP contribution in [0.2, 0.25) is 0 Å². The second-order valence-electron chi connectivity index (χ2n) is 7.35. The number of ether oxygens (including phenoxy) is 1. The maximum Gasteiger partial charge on any atom is 0.413 e. The van der Waals surface area contributed by atoms with E-state index in [0.29, 0.717) is 28.4 Å². The number of nitrogens with zero attached hydrogens (tertiary/aromatic N) is 6. The van der Waals surface area contributed by atoms with Crippen LogP contribution in [0.25, 0.3) is 0 Å². The number of carbonyl (C=O) groups is 3. The molecule has 0 fully saturated rings. The van der Waals surface area contributed by atoms with Crippen LogP contribution in [0.4, 0.5) is 14.4 Å². The quantitative estimate of drug-likeness (QED) is 0.0914. The molecule has 0 aliphatic carbocycles. The smallest absolute Gasteiger partial charge is 0.413 e. The maximum atomic E-state index is 12.9. The number of hydrogen-bond donors (Lipinski definition) is 8. The van der Waals surface area contributed by atoms with Crippen LogP contribution < -0.4 is 27.7 Å². The number of hydrogen-bond acceptors (Lipinski definition) is 13. The van der Waals surface area contributed by atoms with Crippen LogP contribution in [0.1, 0.15) is 0 Å². The maximum absolute atomic E-state index is 12.9. The van der Waals surface area contributed by atoms with Gasteiger partial charge in [-0.25, -0.2) is 42.5 Å². The van der Waals surface area contributed by atoms with Gasteiger partial charge in [-0.3, -0.25) is 14.7 Å². The van der Waals surface area contributed by atoms with Gasteiger partial charge in [-0.2, -0.15) is 0 Å². The summed E-state index contributed by atoms with van der Waals surface area (Å²) in [6, 6.07) is -1.85. The summed E-state index contributed by atoms with van der Waals surface area (Å²) in [4.78, 5) is 75.9. The summed E-state index contributed by atoms with van der Waals surface area (Å²) in [5.41, 5.74) is -3.43. The molecular weight excluding hydrogens is 536 g/mol. The lowest BCUT2D eigenvalue weighted by molar-refractivity contribution is 0.0165. The fourth-order valence-electron chi connectivity index (χ4n) is 2.85. The summed E-state index contributed by atoms with van der Waals surface area (Å²) in [5, 5.41) is 58.5. The number of aliphatic hydroxyl groups is 6. The second-order valence-corrected chi connectivity index (χ2v) is 7.35. The van der Waals surface area contributed by atoms with Gasteiger partial charge in [0.2, 0.25) is 0 Å². The normalized spacial score (nSPS) is 10.6. The minimum absolute atomic E-state index is 0.363. The number of aliphatic hydroxyl groups excluding tert-OH is 6. The standard InChI is InChI=1S/C18H32N8O13/c27-7-21(8-28)13(33)19-1-3-24-15(35)25(4-2-20-14(34)22(9-29)10-30)17(37)26(16(24)36)5-6-39-18(38)23(11-31)12-32/h27-32H,1-12H2,(H,19,33)(H,20,34). The zero-order valence-electron chi connectivity index (χ0n) is 20.7. The molecule has 1 aromatic heterocycles. The molecule has 0 bridgehead atoms. The van der Waals surface area contributed by atoms with E-state index in [2.05, 4.69) is 10.6 Å². The summed E-state index contributed by atoms with van der Waals surface area (Å²) in [6.45, 7) is -7.89. The predicted molar refractivity (Wildman–Crippen MR) is 125 cm³/mol. The first-order chi connectivity index (χ1) is 18.6. The molecule has 1 heterocycles. The van der Waals surface area contributed by atoms with Crippen molar-refractivity contribution in [2.24, 2.45) is 0 Å². The van der Waals surface area contributed by atoms with Crippen molar-refractivity contribution in [3.05, 3.63) is 31.5 Å². The van der Waals surface area contributed by atoms with Crippen molar-refractivity contribution in [2.75, 3.05) is 60.1 Å². The molecule has 0 atom stereocenters. The molecule has 222 valence electrons. The van der Waals surface area contributed by atoms with Gasteiger partial charge in [-0.05, 0) is 0 Å². The van der Waals surface area contributed by atoms with E-state index >= 15 is 0 Å². The van der Waals surface area contributed by atoms with Gasteiger partial charge in [0.1, 0.15) is 47.0 Å². The minimum Gasteiger partial charge on any atom is -0.447 e. The van der Waals surface area contributed by atoms with Gasteiger partial charge >= 0.3 is 35.2 Å². The van der Waals surface area contributed by atoms with Crippen LogP contribution in [-0.2, 0) is 24.4 Å². The van der Waals surface area contributed by atoms with E-state index in [-0.39, 0.29) is 13.1 Å². The van der Waals surface area contributed by atoms with Gasteiger partial charge in [-0.15, -0.1) is 0 Å². The highest BCUT2D eigenvalue weighted by molar-refractivity contribution is 5.74. The van der Waals surface area contributed by atoms with Crippen molar-refractivity contribution in [3.8, 4) is 0 Å². The summed E-state index contributed by atoms with van der Waals surface area (Å²) in [7, 11) is 0. The lowest BCUT2D eigenvalue weighted by Gasteiger charge is -2.19. The molecule has 0 aliphatic rings. The SMILES string of the molecule is O=C(NCCn1c(=O)n(CCNC(=O)N(CO)CO)c(=O)n(CCOC(=O)N(CO)CO)c1=O)N(CO)CO. The van der Waals surface area contributed by atoms with Crippen LogP contribution in [0.15, 0.2) is 14.4 Å². The van der Waals surface area contributed by atoms with E-state index in [0.717, 1.165) is 0 Å². The molecule has 21 nitrogen and oxygen atoms in total. The van der Waals surface area contributed by atoms with Gasteiger partial charge in [-0.1, -0.05) is 0 Å².